The van der Waals surface area contributed by atoms with Crippen molar-refractivity contribution in [3.05, 3.63) is 69.8 Å². The van der Waals surface area contributed by atoms with Crippen molar-refractivity contribution in [2.75, 3.05) is 0 Å². The van der Waals surface area contributed by atoms with Crippen LogP contribution in [0.25, 0.3) is 24.3 Å². The van der Waals surface area contributed by atoms with Gasteiger partial charge in [0, 0.05) is 0 Å². The predicted molar refractivity (Wildman–Crippen MR) is 101 cm³/mol. The number of benzene rings is 2. The molecule has 2 aromatic carbocycles. The van der Waals surface area contributed by atoms with Crippen LogP contribution in [0.2, 0.25) is 0 Å². The Hall–Kier alpha value is -2.08. The van der Waals surface area contributed by atoms with Gasteiger partial charge in [0.2, 0.25) is 0 Å². The van der Waals surface area contributed by atoms with Crippen LogP contribution in [0.1, 0.15) is 65.5 Å². The van der Waals surface area contributed by atoms with Gasteiger partial charge in [-0.05, 0) is 59.1 Å². The summed E-state index contributed by atoms with van der Waals surface area (Å²) in [7, 11) is 0. The van der Waals surface area contributed by atoms with Gasteiger partial charge in [-0.1, -0.05) is 80.0 Å². The third-order valence-corrected chi connectivity index (χ3v) is 5.12. The molecular formula is C23H24. The van der Waals surface area contributed by atoms with E-state index in [2.05, 4.69) is 60.7 Å². The zero-order valence-electron chi connectivity index (χ0n) is 13.7. The van der Waals surface area contributed by atoms with Gasteiger partial charge < -0.3 is 0 Å². The van der Waals surface area contributed by atoms with Crippen molar-refractivity contribution in [3.63, 3.8) is 0 Å². The lowest BCUT2D eigenvalue weighted by Gasteiger charge is -2.12. The molecule has 0 aromatic heterocycles. The smallest absolute Gasteiger partial charge is 0.0181 e. The quantitative estimate of drug-likeness (QED) is 0.331. The summed E-state index contributed by atoms with van der Waals surface area (Å²) in [6.45, 7) is 0. The fourth-order valence-electron chi connectivity index (χ4n) is 3.51. The number of hydrogen-bond donors (Lipinski definition) is 0. The molecule has 0 N–H and O–H groups in total. The molecule has 0 unspecified atom stereocenters. The molecule has 0 saturated carbocycles. The van der Waals surface area contributed by atoms with Gasteiger partial charge in [0.15, 0.2) is 0 Å². The van der Waals surface area contributed by atoms with Crippen molar-refractivity contribution in [2.45, 2.75) is 44.9 Å². The minimum Gasteiger partial charge on any atom is -0.0584 e. The van der Waals surface area contributed by atoms with Crippen LogP contribution >= 0.6 is 0 Å². The first kappa shape index (κ1) is 14.5. The van der Waals surface area contributed by atoms with Crippen LogP contribution in [0.5, 0.6) is 0 Å². The van der Waals surface area contributed by atoms with Crippen molar-refractivity contribution in [1.29, 1.82) is 0 Å². The van der Waals surface area contributed by atoms with Crippen molar-refractivity contribution in [2.24, 2.45) is 0 Å². The second-order valence-corrected chi connectivity index (χ2v) is 6.86. The topological polar surface area (TPSA) is 0 Å². The lowest BCUT2D eigenvalue weighted by molar-refractivity contribution is 0.613. The van der Waals surface area contributed by atoms with Crippen molar-refractivity contribution in [1.82, 2.24) is 0 Å². The van der Waals surface area contributed by atoms with Crippen LogP contribution in [0.15, 0.2) is 36.4 Å². The molecule has 0 radical (unpaired) electrons. The number of hydrogen-bond acceptors (Lipinski definition) is 0. The molecule has 0 nitrogen and oxygen atoms in total. The minimum absolute atomic E-state index is 1.23. The maximum atomic E-state index is 2.36. The number of aryl methyl sites for hydroxylation is 2. The fraction of sp³-hybridized carbons (Fsp3) is 0.304. The number of unbranched alkanes of at least 4 members (excludes halogenated alkanes) is 4. The first-order chi connectivity index (χ1) is 11.4. The summed E-state index contributed by atoms with van der Waals surface area (Å²) in [6, 6.07) is 13.8. The molecular weight excluding hydrogens is 276 g/mol. The predicted octanol–water partition coefficient (Wildman–Crippen LogP) is 6.39. The Kier molecular flexibility index (Phi) is 4.15. The van der Waals surface area contributed by atoms with Gasteiger partial charge in [-0.15, -0.1) is 0 Å². The lowest BCUT2D eigenvalue weighted by atomic mass is 9.93. The Morgan fingerprint density at radius 2 is 0.870 bits per heavy atom. The van der Waals surface area contributed by atoms with E-state index in [0.29, 0.717) is 0 Å². The van der Waals surface area contributed by atoms with E-state index >= 15 is 0 Å². The summed E-state index contributed by atoms with van der Waals surface area (Å²) in [4.78, 5) is 0. The molecule has 2 aromatic rings. The van der Waals surface area contributed by atoms with Gasteiger partial charge >= 0.3 is 0 Å². The molecule has 2 aliphatic rings. The molecule has 23 heavy (non-hydrogen) atoms. The highest BCUT2D eigenvalue weighted by atomic mass is 14.1. The highest BCUT2D eigenvalue weighted by molar-refractivity contribution is 5.86. The summed E-state index contributed by atoms with van der Waals surface area (Å²) in [5.41, 5.74) is 8.67. The van der Waals surface area contributed by atoms with Gasteiger partial charge in [-0.25, -0.2) is 0 Å². The van der Waals surface area contributed by atoms with Gasteiger partial charge in [0.25, 0.3) is 0 Å². The highest BCUT2D eigenvalue weighted by Gasteiger charge is 2.06. The van der Waals surface area contributed by atoms with Gasteiger partial charge in [-0.3, -0.25) is 0 Å². The third-order valence-electron chi connectivity index (χ3n) is 5.12. The summed E-state index contributed by atoms with van der Waals surface area (Å²) >= 11 is 0. The van der Waals surface area contributed by atoms with Crippen LogP contribution < -0.4 is 0 Å². The highest BCUT2D eigenvalue weighted by Crippen LogP contribution is 2.26. The van der Waals surface area contributed by atoms with Gasteiger partial charge in [0.05, 0.1) is 0 Å². The Bertz CT molecular complexity index is 696. The molecule has 0 heteroatoms. The lowest BCUT2D eigenvalue weighted by Crippen LogP contribution is -1.94. The first-order valence-corrected chi connectivity index (χ1v) is 9.00. The van der Waals surface area contributed by atoms with E-state index in [1.807, 2.05) is 0 Å². The minimum atomic E-state index is 1.23. The van der Waals surface area contributed by atoms with Crippen LogP contribution in [0, 0.1) is 0 Å². The van der Waals surface area contributed by atoms with E-state index in [9.17, 15) is 0 Å². The maximum absolute atomic E-state index is 2.36. The Balaban J connectivity index is 1.10. The summed E-state index contributed by atoms with van der Waals surface area (Å²) in [5, 5.41) is 0. The Labute approximate surface area is 139 Å². The molecule has 0 heterocycles. The van der Waals surface area contributed by atoms with E-state index in [4.69, 9.17) is 0 Å². The normalized spacial score (nSPS) is 13.2. The molecule has 0 bridgehead atoms. The van der Waals surface area contributed by atoms with E-state index in [1.165, 1.54) is 78.3 Å². The van der Waals surface area contributed by atoms with Crippen molar-refractivity contribution in [3.8, 4) is 0 Å². The standard InChI is InChI=1S/C23H24/c1(2-4-6-18-8-10-20-12-14-22(20)16-18)3-5-7-19-9-11-21-13-15-23(21)17-19/h8-17H,1-7H2. The molecule has 116 valence electrons. The van der Waals surface area contributed by atoms with Crippen LogP contribution in [0.4, 0.5) is 0 Å². The second-order valence-electron chi connectivity index (χ2n) is 6.86. The zero-order chi connectivity index (χ0) is 15.5. The first-order valence-electron chi connectivity index (χ1n) is 9.00. The van der Waals surface area contributed by atoms with Crippen LogP contribution in [-0.4, -0.2) is 0 Å². The molecule has 0 aliphatic heterocycles. The van der Waals surface area contributed by atoms with Crippen molar-refractivity contribution < 1.29 is 0 Å². The van der Waals surface area contributed by atoms with E-state index in [-0.39, 0.29) is 0 Å². The van der Waals surface area contributed by atoms with E-state index in [1.54, 1.807) is 0 Å². The number of fused-ring (bicyclic) bond motifs is 2. The van der Waals surface area contributed by atoms with Crippen LogP contribution in [0.3, 0.4) is 0 Å². The zero-order valence-corrected chi connectivity index (χ0v) is 13.7. The molecule has 0 amide bonds. The summed E-state index contributed by atoms with van der Waals surface area (Å²) in [5.74, 6) is 0. The third kappa shape index (κ3) is 3.32. The number of rotatable bonds is 8. The average molecular weight is 300 g/mol. The molecule has 0 atom stereocenters. The van der Waals surface area contributed by atoms with E-state index in [0.717, 1.165) is 0 Å². The molecule has 2 aliphatic carbocycles. The summed E-state index contributed by atoms with van der Waals surface area (Å²) in [6.07, 6.45) is 18.0. The molecule has 0 fully saturated rings. The Morgan fingerprint density at radius 3 is 1.26 bits per heavy atom. The second kappa shape index (κ2) is 6.58. The van der Waals surface area contributed by atoms with Crippen LogP contribution in [-0.2, 0) is 12.8 Å². The SMILES string of the molecule is C1=Cc2cc(CCCCCCCc3ccc4c(c3)C=C4)ccc21. The Morgan fingerprint density at radius 1 is 0.435 bits per heavy atom. The fourth-order valence-corrected chi connectivity index (χ4v) is 3.51. The largest absolute Gasteiger partial charge is 0.0584 e. The van der Waals surface area contributed by atoms with Gasteiger partial charge in [-0.2, -0.15) is 0 Å². The molecule has 0 spiro atoms. The maximum Gasteiger partial charge on any atom is -0.0181 e. The monoisotopic (exact) mass is 300 g/mol. The molecule has 4 rings (SSSR count). The molecule has 0 saturated heterocycles. The average Bonchev–Trinajstić information content (AvgIpc) is 2.51. The summed E-state index contributed by atoms with van der Waals surface area (Å²) < 4.78 is 0. The van der Waals surface area contributed by atoms with Crippen molar-refractivity contribution >= 4 is 24.3 Å². The van der Waals surface area contributed by atoms with E-state index < -0.39 is 0 Å². The van der Waals surface area contributed by atoms with Gasteiger partial charge in [0.1, 0.15) is 0 Å².